The fourth-order valence-electron chi connectivity index (χ4n) is 3.28. The molecule has 2 aliphatic rings. The lowest BCUT2D eigenvalue weighted by atomic mass is 10.3. The summed E-state index contributed by atoms with van der Waals surface area (Å²) >= 11 is 0. The van der Waals surface area contributed by atoms with Gasteiger partial charge >= 0.3 is 24.2 Å². The lowest BCUT2D eigenvalue weighted by molar-refractivity contribution is -0.179. The van der Waals surface area contributed by atoms with E-state index in [1.165, 1.54) is 14.2 Å². The van der Waals surface area contributed by atoms with Crippen molar-refractivity contribution in [3.63, 3.8) is 0 Å². The van der Waals surface area contributed by atoms with Crippen molar-refractivity contribution in [2.75, 3.05) is 53.9 Å². The molecule has 0 bridgehead atoms. The predicted molar refractivity (Wildman–Crippen MR) is 150 cm³/mol. The maximum Gasteiger partial charge on any atom is 0.534 e. The number of carbonyl (C=O) groups is 8. The lowest BCUT2D eigenvalue weighted by Crippen LogP contribution is -2.36. The first-order valence-corrected chi connectivity index (χ1v) is 13.9. The molecule has 0 atom stereocenters. The molecule has 4 amide bonds. The van der Waals surface area contributed by atoms with Crippen LogP contribution in [0.1, 0.15) is 58.8 Å². The van der Waals surface area contributed by atoms with E-state index < -0.39 is 67.3 Å². The van der Waals surface area contributed by atoms with Gasteiger partial charge in [-0.3, -0.25) is 38.4 Å². The van der Waals surface area contributed by atoms with E-state index in [2.05, 4.69) is 19.1 Å². The molecular formula is C27H42N2O18. The van der Waals surface area contributed by atoms with Gasteiger partial charge in [-0.1, -0.05) is 17.6 Å². The predicted octanol–water partition coefficient (Wildman–Crippen LogP) is -0.295. The highest BCUT2D eigenvalue weighted by molar-refractivity contribution is 6.02. The summed E-state index contributed by atoms with van der Waals surface area (Å²) in [6, 6.07) is 0. The van der Waals surface area contributed by atoms with Crippen molar-refractivity contribution < 1.29 is 86.7 Å². The molecule has 0 saturated carbocycles. The number of amides is 4. The zero-order valence-corrected chi connectivity index (χ0v) is 25.4. The van der Waals surface area contributed by atoms with Gasteiger partial charge in [0.15, 0.2) is 0 Å². The van der Waals surface area contributed by atoms with Gasteiger partial charge in [0.1, 0.15) is 25.4 Å². The van der Waals surface area contributed by atoms with Crippen LogP contribution < -0.4 is 0 Å². The normalized spacial score (nSPS) is 14.0. The zero-order chi connectivity index (χ0) is 34.5. The molecule has 0 aromatic rings. The van der Waals surface area contributed by atoms with E-state index in [0.717, 1.165) is 0 Å². The largest absolute Gasteiger partial charge is 0.534 e. The summed E-state index contributed by atoms with van der Waals surface area (Å²) in [6.45, 7) is -1.20. The number of nitrogens with zero attached hydrogens (tertiary/aromatic N) is 2. The molecule has 0 aromatic heterocycles. The van der Waals surface area contributed by atoms with E-state index >= 15 is 0 Å². The first kappa shape index (κ1) is 42.6. The number of hydrogen-bond acceptors (Lipinski definition) is 18. The van der Waals surface area contributed by atoms with Crippen molar-refractivity contribution >= 4 is 47.9 Å². The van der Waals surface area contributed by atoms with Gasteiger partial charge in [0.05, 0.1) is 27.4 Å². The molecule has 2 heterocycles. The second-order valence-electron chi connectivity index (χ2n) is 9.18. The Kier molecular flexibility index (Phi) is 21.6. The zero-order valence-electron chi connectivity index (χ0n) is 25.4. The van der Waals surface area contributed by atoms with Crippen LogP contribution in [0.4, 0.5) is 9.59 Å². The number of rotatable bonds is 18. The third-order valence-corrected chi connectivity index (χ3v) is 5.74. The molecule has 2 rings (SSSR count). The highest BCUT2D eigenvalue weighted by Gasteiger charge is 2.35. The van der Waals surface area contributed by atoms with Gasteiger partial charge in [-0.05, 0) is 12.8 Å². The molecule has 0 aliphatic carbocycles. The van der Waals surface area contributed by atoms with E-state index in [9.17, 15) is 38.4 Å². The third-order valence-electron chi connectivity index (χ3n) is 5.74. The van der Waals surface area contributed by atoms with Crippen molar-refractivity contribution in [3.8, 4) is 0 Å². The molecule has 2 aliphatic heterocycles. The minimum absolute atomic E-state index is 0. The van der Waals surface area contributed by atoms with Gasteiger partial charge in [0.2, 0.25) is 0 Å². The Labute approximate surface area is 269 Å². The molecule has 20 heteroatoms. The van der Waals surface area contributed by atoms with Crippen LogP contribution in [0.5, 0.6) is 0 Å². The molecule has 0 unspecified atom stereocenters. The molecule has 0 radical (unpaired) electrons. The van der Waals surface area contributed by atoms with Crippen LogP contribution in [0.2, 0.25) is 0 Å². The van der Waals surface area contributed by atoms with Crippen LogP contribution >= 0.6 is 0 Å². The first-order chi connectivity index (χ1) is 21.9. The molecule has 2 saturated heterocycles. The molecule has 47 heavy (non-hydrogen) atoms. The molecule has 268 valence electrons. The van der Waals surface area contributed by atoms with Gasteiger partial charge in [-0.25, -0.2) is 9.59 Å². The number of hydrogen-bond donors (Lipinski definition) is 2. The van der Waals surface area contributed by atoms with Crippen LogP contribution in [0.15, 0.2) is 0 Å². The van der Waals surface area contributed by atoms with Crippen molar-refractivity contribution in [2.45, 2.75) is 71.0 Å². The summed E-state index contributed by atoms with van der Waals surface area (Å²) in [6.07, 6.45) is -3.70. The maximum atomic E-state index is 11.8. The number of aliphatic hydroxyl groups excluding tert-OH is 2. The van der Waals surface area contributed by atoms with E-state index in [1.807, 2.05) is 0 Å². The topological polar surface area (TPSA) is 257 Å². The molecule has 2 N–H and O–H groups in total. The maximum absolute atomic E-state index is 11.8. The van der Waals surface area contributed by atoms with Gasteiger partial charge < -0.3 is 38.6 Å². The minimum Gasteiger partial charge on any atom is -0.469 e. The van der Waals surface area contributed by atoms with Crippen molar-refractivity contribution in [2.24, 2.45) is 0 Å². The summed E-state index contributed by atoms with van der Waals surface area (Å²) in [5.41, 5.74) is 0. The van der Waals surface area contributed by atoms with E-state index in [0.29, 0.717) is 19.4 Å². The Morgan fingerprint density at radius 3 is 1.30 bits per heavy atom. The smallest absolute Gasteiger partial charge is 0.469 e. The number of esters is 2. The van der Waals surface area contributed by atoms with E-state index in [1.54, 1.807) is 0 Å². The van der Waals surface area contributed by atoms with E-state index in [-0.39, 0.29) is 81.9 Å². The average Bonchev–Trinajstić information content (AvgIpc) is 3.54. The second kappa shape index (κ2) is 23.9. The third kappa shape index (κ3) is 17.2. The van der Waals surface area contributed by atoms with Gasteiger partial charge in [0, 0.05) is 51.7 Å². The number of aliphatic hydroxyl groups is 2. The van der Waals surface area contributed by atoms with Crippen LogP contribution in [0.3, 0.4) is 0 Å². The minimum atomic E-state index is -1.38. The molecule has 0 aromatic carbocycles. The summed E-state index contributed by atoms with van der Waals surface area (Å²) in [5.74, 6) is -3.58. The monoisotopic (exact) mass is 682 g/mol. The Morgan fingerprint density at radius 2 is 0.979 bits per heavy atom. The fraction of sp³-hybridized carbons (Fsp3) is 0.704. The fourth-order valence-corrected chi connectivity index (χ4v) is 3.28. The molecule has 0 spiro atoms. The SMILES string of the molecule is C.COC(=O)CCCOC(CO)CO.COC(=O)CCCOC(COC(=O)ON1C(=O)CCC1=O)COC(=O)ON1C(=O)CCC1=O. The van der Waals surface area contributed by atoms with E-state index in [4.69, 9.17) is 29.2 Å². The number of imide groups is 2. The molecule has 20 nitrogen and oxygen atoms in total. The Balaban J connectivity index is 0.00000128. The highest BCUT2D eigenvalue weighted by atomic mass is 16.8. The molecule has 2 fully saturated rings. The Hall–Kier alpha value is -4.40. The van der Waals surface area contributed by atoms with Crippen LogP contribution in [-0.4, -0.2) is 134 Å². The van der Waals surface area contributed by atoms with Gasteiger partial charge in [-0.15, -0.1) is 0 Å². The number of hydroxylamine groups is 4. The summed E-state index contributed by atoms with van der Waals surface area (Å²) in [7, 11) is 2.55. The lowest BCUT2D eigenvalue weighted by Gasteiger charge is -2.19. The number of methoxy groups -OCH3 is 2. The number of ether oxygens (including phenoxy) is 6. The van der Waals surface area contributed by atoms with Gasteiger partial charge in [-0.2, -0.15) is 0 Å². The summed E-state index contributed by atoms with van der Waals surface area (Å²) in [5, 5.41) is 17.8. The van der Waals surface area contributed by atoms with Gasteiger partial charge in [0.25, 0.3) is 23.6 Å². The average molecular weight is 683 g/mol. The first-order valence-electron chi connectivity index (χ1n) is 13.9. The number of carbonyl (C=O) groups excluding carboxylic acids is 8. The molecular weight excluding hydrogens is 640 g/mol. The second-order valence-corrected chi connectivity index (χ2v) is 9.18. The van der Waals surface area contributed by atoms with Crippen molar-refractivity contribution in [1.29, 1.82) is 0 Å². The van der Waals surface area contributed by atoms with Crippen LogP contribution in [0.25, 0.3) is 0 Å². The van der Waals surface area contributed by atoms with Crippen molar-refractivity contribution in [1.82, 2.24) is 10.1 Å². The van der Waals surface area contributed by atoms with Crippen LogP contribution in [0, 0.1) is 0 Å². The summed E-state index contributed by atoms with van der Waals surface area (Å²) in [4.78, 5) is 100. The Morgan fingerprint density at radius 1 is 0.638 bits per heavy atom. The highest BCUT2D eigenvalue weighted by Crippen LogP contribution is 2.14. The summed E-state index contributed by atoms with van der Waals surface area (Å²) < 4.78 is 28.9. The quantitative estimate of drug-likeness (QED) is 0.0814. The Bertz CT molecular complexity index is 976. The van der Waals surface area contributed by atoms with Crippen LogP contribution in [-0.2, 0) is 66.9 Å². The standard InChI is InChI=1S/C18H22N2O13.C8H16O5.CH4/c1-28-16(25)3-2-8-29-11(9-30-17(26)32-19-12(21)4-5-13(19)22)10-31-18(27)33-20-14(23)6-7-15(20)24;1-12-8(11)3-2-4-13-7(5-9)6-10;/h11H,2-10H2,1H3;7,9-10H,2-6H2,1H3;1H4. The van der Waals surface area contributed by atoms with Crippen molar-refractivity contribution in [3.05, 3.63) is 0 Å².